The minimum Gasteiger partial charge on any atom is -0.309 e. The molecule has 0 aliphatic carbocycles. The number of benzene rings is 7. The Kier molecular flexibility index (Phi) is 4.93. The molecule has 0 N–H and O–H groups in total. The van der Waals surface area contributed by atoms with Crippen LogP contribution in [0.3, 0.4) is 0 Å². The molecule has 0 radical (unpaired) electrons. The second kappa shape index (κ2) is 8.95. The lowest BCUT2D eigenvalue weighted by Gasteiger charge is -2.12. The topological polar surface area (TPSA) is 9.86 Å². The van der Waals surface area contributed by atoms with Crippen molar-refractivity contribution in [3.8, 4) is 22.5 Å². The van der Waals surface area contributed by atoms with Crippen molar-refractivity contribution in [1.82, 2.24) is 9.13 Å². The van der Waals surface area contributed by atoms with E-state index in [2.05, 4.69) is 167 Å². The first kappa shape index (κ1) is 23.1. The van der Waals surface area contributed by atoms with Gasteiger partial charge in [0.15, 0.2) is 0 Å². The molecule has 0 aliphatic rings. The van der Waals surface area contributed by atoms with E-state index in [1.54, 1.807) is 0 Å². The molecule has 0 aliphatic heterocycles. The predicted octanol–water partition coefficient (Wildman–Crippen LogP) is 10.7. The molecule has 0 bridgehead atoms. The minimum absolute atomic E-state index is 1.17. The zero-order chi connectivity index (χ0) is 27.6. The Bertz CT molecular complexity index is 2440. The summed E-state index contributed by atoms with van der Waals surface area (Å²) in [5.41, 5.74) is 9.74. The second-order valence-electron chi connectivity index (χ2n) is 11.0. The van der Waals surface area contributed by atoms with Crippen molar-refractivity contribution in [2.24, 2.45) is 0 Å². The van der Waals surface area contributed by atoms with Crippen LogP contribution in [0.5, 0.6) is 0 Å². The van der Waals surface area contributed by atoms with E-state index in [0.29, 0.717) is 0 Å². The van der Waals surface area contributed by atoms with Crippen LogP contribution in [0, 0.1) is 0 Å². The van der Waals surface area contributed by atoms with Crippen LogP contribution in [0.4, 0.5) is 0 Å². The normalized spacial score (nSPS) is 11.8. The zero-order valence-electron chi connectivity index (χ0n) is 22.9. The van der Waals surface area contributed by atoms with Crippen molar-refractivity contribution >= 4 is 54.4 Å². The van der Waals surface area contributed by atoms with Gasteiger partial charge >= 0.3 is 0 Å². The van der Waals surface area contributed by atoms with E-state index in [1.165, 1.54) is 76.9 Å². The summed E-state index contributed by atoms with van der Waals surface area (Å²) < 4.78 is 4.88. The molecule has 0 atom stereocenters. The predicted molar refractivity (Wildman–Crippen MR) is 178 cm³/mol. The number of fused-ring (bicyclic) bond motifs is 8. The molecule has 2 heteroatoms. The molecule has 7 aromatic carbocycles. The summed E-state index contributed by atoms with van der Waals surface area (Å²) in [7, 11) is 0. The van der Waals surface area contributed by atoms with E-state index < -0.39 is 0 Å². The fourth-order valence-electron chi connectivity index (χ4n) is 6.91. The third-order valence-electron chi connectivity index (χ3n) is 8.69. The minimum atomic E-state index is 1.17. The summed E-state index contributed by atoms with van der Waals surface area (Å²) >= 11 is 0. The van der Waals surface area contributed by atoms with Gasteiger partial charge in [-0.15, -0.1) is 0 Å². The van der Waals surface area contributed by atoms with Gasteiger partial charge in [-0.25, -0.2) is 0 Å². The average molecular weight is 535 g/mol. The number of nitrogens with zero attached hydrogens (tertiary/aromatic N) is 2. The first-order valence-corrected chi connectivity index (χ1v) is 14.5. The summed E-state index contributed by atoms with van der Waals surface area (Å²) in [5.74, 6) is 0. The highest BCUT2D eigenvalue weighted by molar-refractivity contribution is 6.26. The van der Waals surface area contributed by atoms with E-state index >= 15 is 0 Å². The molecular weight excluding hydrogens is 508 g/mol. The van der Waals surface area contributed by atoms with Crippen molar-refractivity contribution in [2.45, 2.75) is 0 Å². The Morgan fingerprint density at radius 1 is 0.357 bits per heavy atom. The molecule has 2 aromatic heterocycles. The van der Waals surface area contributed by atoms with Crippen LogP contribution < -0.4 is 0 Å². The Hall–Kier alpha value is -5.60. The maximum Gasteiger partial charge on any atom is 0.0641 e. The van der Waals surface area contributed by atoms with Crippen LogP contribution in [0.2, 0.25) is 0 Å². The van der Waals surface area contributed by atoms with E-state index in [1.807, 2.05) is 0 Å². The Morgan fingerprint density at radius 2 is 1.02 bits per heavy atom. The lowest BCUT2D eigenvalue weighted by atomic mass is 9.98. The number of aromatic nitrogens is 2. The van der Waals surface area contributed by atoms with Crippen LogP contribution in [0.25, 0.3) is 76.9 Å². The average Bonchev–Trinajstić information content (AvgIpc) is 3.58. The SMILES string of the molecule is c1ccc(-c2cccc3cc(-n4c5ccccc5c5c4ccc4c6ccccc6n(-c6ccccc6)c45)ccc23)cc1. The smallest absolute Gasteiger partial charge is 0.0641 e. The third-order valence-corrected chi connectivity index (χ3v) is 8.69. The van der Waals surface area contributed by atoms with Gasteiger partial charge in [0.25, 0.3) is 0 Å². The van der Waals surface area contributed by atoms with Gasteiger partial charge in [-0.05, 0) is 64.4 Å². The van der Waals surface area contributed by atoms with Crippen LogP contribution in [-0.2, 0) is 0 Å². The summed E-state index contributed by atoms with van der Waals surface area (Å²) in [6.07, 6.45) is 0. The monoisotopic (exact) mass is 534 g/mol. The molecule has 42 heavy (non-hydrogen) atoms. The molecule has 0 saturated carbocycles. The summed E-state index contributed by atoms with van der Waals surface area (Å²) in [5, 5.41) is 7.58. The molecule has 196 valence electrons. The van der Waals surface area contributed by atoms with Crippen molar-refractivity contribution in [1.29, 1.82) is 0 Å². The first-order chi connectivity index (χ1) is 20.9. The molecule has 2 nitrogen and oxygen atoms in total. The molecule has 0 saturated heterocycles. The van der Waals surface area contributed by atoms with Gasteiger partial charge < -0.3 is 9.13 Å². The Balaban J connectivity index is 1.39. The summed E-state index contributed by atoms with van der Waals surface area (Å²) in [6.45, 7) is 0. The van der Waals surface area contributed by atoms with Gasteiger partial charge in [0.1, 0.15) is 0 Å². The molecule has 0 amide bonds. The molecule has 0 spiro atoms. The summed E-state index contributed by atoms with van der Waals surface area (Å²) in [4.78, 5) is 0. The lowest BCUT2D eigenvalue weighted by Crippen LogP contribution is -1.95. The second-order valence-corrected chi connectivity index (χ2v) is 11.0. The molecule has 9 aromatic rings. The largest absolute Gasteiger partial charge is 0.309 e. The lowest BCUT2D eigenvalue weighted by molar-refractivity contribution is 1.18. The Labute approximate surface area is 243 Å². The van der Waals surface area contributed by atoms with Crippen LogP contribution >= 0.6 is 0 Å². The van der Waals surface area contributed by atoms with Crippen LogP contribution in [0.15, 0.2) is 158 Å². The van der Waals surface area contributed by atoms with Gasteiger partial charge in [0.05, 0.1) is 22.1 Å². The molecule has 0 fully saturated rings. The van der Waals surface area contributed by atoms with Crippen molar-refractivity contribution < 1.29 is 0 Å². The third kappa shape index (κ3) is 3.27. The molecule has 9 rings (SSSR count). The number of rotatable bonds is 3. The molecule has 2 heterocycles. The van der Waals surface area contributed by atoms with Crippen molar-refractivity contribution in [3.05, 3.63) is 158 Å². The number of hydrogen-bond donors (Lipinski definition) is 0. The summed E-state index contributed by atoms with van der Waals surface area (Å²) in [6, 6.07) is 57.1. The van der Waals surface area contributed by atoms with Gasteiger partial charge in [-0.1, -0.05) is 115 Å². The van der Waals surface area contributed by atoms with Crippen LogP contribution in [-0.4, -0.2) is 9.13 Å². The zero-order valence-corrected chi connectivity index (χ0v) is 22.9. The Morgan fingerprint density at radius 3 is 1.83 bits per heavy atom. The van der Waals surface area contributed by atoms with Gasteiger partial charge in [0.2, 0.25) is 0 Å². The fourth-order valence-corrected chi connectivity index (χ4v) is 6.91. The number of hydrogen-bond acceptors (Lipinski definition) is 0. The van der Waals surface area contributed by atoms with Gasteiger partial charge in [0, 0.05) is 32.9 Å². The van der Waals surface area contributed by atoms with Crippen LogP contribution in [0.1, 0.15) is 0 Å². The highest BCUT2D eigenvalue weighted by Gasteiger charge is 2.20. The quantitative estimate of drug-likeness (QED) is 0.213. The van der Waals surface area contributed by atoms with Crippen molar-refractivity contribution in [2.75, 3.05) is 0 Å². The molecule has 0 unspecified atom stereocenters. The van der Waals surface area contributed by atoms with E-state index in [0.717, 1.165) is 0 Å². The molecular formula is C40H26N2. The number of para-hydroxylation sites is 3. The van der Waals surface area contributed by atoms with E-state index in [9.17, 15) is 0 Å². The van der Waals surface area contributed by atoms with E-state index in [-0.39, 0.29) is 0 Å². The van der Waals surface area contributed by atoms with Gasteiger partial charge in [-0.2, -0.15) is 0 Å². The highest BCUT2D eigenvalue weighted by atomic mass is 15.0. The van der Waals surface area contributed by atoms with Gasteiger partial charge in [-0.3, -0.25) is 0 Å². The standard InChI is InChI=1S/C40H26N2/c1-3-12-27(13-4-1)31-19-11-14-28-26-30(22-23-32(28)31)41-37-21-10-8-18-35(37)39-38(41)25-24-34-33-17-7-9-20-36(33)42(40(34)39)29-15-5-2-6-16-29/h1-26H. The van der Waals surface area contributed by atoms with E-state index in [4.69, 9.17) is 0 Å². The highest BCUT2D eigenvalue weighted by Crippen LogP contribution is 2.42. The van der Waals surface area contributed by atoms with Crippen molar-refractivity contribution in [3.63, 3.8) is 0 Å². The maximum absolute atomic E-state index is 2.44. The maximum atomic E-state index is 2.44. The first-order valence-electron chi connectivity index (χ1n) is 14.5. The fraction of sp³-hybridized carbons (Fsp3) is 0.